The minimum Gasteiger partial charge on any atom is -0.0769 e. The van der Waals surface area contributed by atoms with Crippen molar-refractivity contribution >= 4 is 5.57 Å². The van der Waals surface area contributed by atoms with Crippen molar-refractivity contribution in [1.82, 2.24) is 0 Å². The third-order valence-electron chi connectivity index (χ3n) is 4.59. The standard InChI is InChI=1S/C24H20/c1-3-7-22(8-4-1)24(23-9-5-2-6-10-23)18-17-21-16-13-19-11-14-20(21)15-12-19/h1-20H/b21-17-. The Bertz CT molecular complexity index is 790. The quantitative estimate of drug-likeness (QED) is 0.612. The number of hydrogen-bond acceptors (Lipinski definition) is 0. The normalized spacial score (nSPS) is 22.6. The molecular weight excluding hydrogens is 288 g/mol. The molecule has 0 N–H and O–H groups in total. The molecule has 0 heteroatoms. The summed E-state index contributed by atoms with van der Waals surface area (Å²) in [4.78, 5) is 0. The largest absolute Gasteiger partial charge is 0.0769 e. The van der Waals surface area contributed by atoms with Crippen molar-refractivity contribution in [3.05, 3.63) is 126 Å². The molecule has 5 rings (SSSR count). The molecule has 3 aliphatic rings. The van der Waals surface area contributed by atoms with Gasteiger partial charge in [0.1, 0.15) is 0 Å². The van der Waals surface area contributed by atoms with Gasteiger partial charge in [0.15, 0.2) is 0 Å². The highest BCUT2D eigenvalue weighted by Crippen LogP contribution is 2.29. The molecule has 0 heterocycles. The van der Waals surface area contributed by atoms with Gasteiger partial charge in [-0.15, -0.1) is 0 Å². The van der Waals surface area contributed by atoms with Gasteiger partial charge in [-0.2, -0.15) is 0 Å². The van der Waals surface area contributed by atoms with E-state index >= 15 is 0 Å². The third-order valence-corrected chi connectivity index (χ3v) is 4.59. The predicted molar refractivity (Wildman–Crippen MR) is 102 cm³/mol. The van der Waals surface area contributed by atoms with Crippen LogP contribution in [0.25, 0.3) is 5.57 Å². The SMILES string of the molecule is C1=CC2C=CC(C=C2)/C1=C\C=C(c1ccccc1)c1ccccc1. The van der Waals surface area contributed by atoms with Crippen molar-refractivity contribution in [3.63, 3.8) is 0 Å². The smallest absolute Gasteiger partial charge is 0.0199 e. The summed E-state index contributed by atoms with van der Waals surface area (Å²) in [5.41, 5.74) is 5.08. The van der Waals surface area contributed by atoms with Crippen LogP contribution in [-0.4, -0.2) is 0 Å². The molecule has 0 aromatic heterocycles. The van der Waals surface area contributed by atoms with E-state index in [4.69, 9.17) is 0 Å². The number of allylic oxidation sites excluding steroid dienone is 9. The lowest BCUT2D eigenvalue weighted by atomic mass is 9.93. The molecule has 0 radical (unpaired) electrons. The van der Waals surface area contributed by atoms with Crippen LogP contribution in [0, 0.1) is 11.8 Å². The first-order valence-electron chi connectivity index (χ1n) is 8.48. The molecule has 2 bridgehead atoms. The highest BCUT2D eigenvalue weighted by Gasteiger charge is 2.14. The lowest BCUT2D eigenvalue weighted by Crippen LogP contribution is -1.97. The van der Waals surface area contributed by atoms with Gasteiger partial charge >= 0.3 is 0 Å². The summed E-state index contributed by atoms with van der Waals surface area (Å²) >= 11 is 0. The molecule has 2 aromatic carbocycles. The molecule has 0 unspecified atom stereocenters. The maximum atomic E-state index is 2.30. The van der Waals surface area contributed by atoms with Gasteiger partial charge in [-0.1, -0.05) is 109 Å². The number of rotatable bonds is 3. The maximum absolute atomic E-state index is 2.30. The van der Waals surface area contributed by atoms with Gasteiger partial charge in [0.05, 0.1) is 0 Å². The van der Waals surface area contributed by atoms with Crippen LogP contribution >= 0.6 is 0 Å². The molecule has 24 heavy (non-hydrogen) atoms. The molecule has 0 amide bonds. The average Bonchev–Trinajstić information content (AvgIpc) is 2.97. The van der Waals surface area contributed by atoms with Gasteiger partial charge in [0.2, 0.25) is 0 Å². The summed E-state index contributed by atoms with van der Waals surface area (Å²) in [7, 11) is 0. The van der Waals surface area contributed by atoms with Crippen LogP contribution in [0.15, 0.2) is 115 Å². The van der Waals surface area contributed by atoms with E-state index in [1.807, 2.05) is 0 Å². The maximum Gasteiger partial charge on any atom is 0.0199 e. The number of benzene rings is 2. The van der Waals surface area contributed by atoms with Gasteiger partial charge in [-0.05, 0) is 22.3 Å². The van der Waals surface area contributed by atoms with Crippen LogP contribution in [-0.2, 0) is 0 Å². The zero-order chi connectivity index (χ0) is 16.2. The van der Waals surface area contributed by atoms with Crippen molar-refractivity contribution in [2.75, 3.05) is 0 Å². The Hall–Kier alpha value is -2.86. The molecule has 0 saturated heterocycles. The summed E-state index contributed by atoms with van der Waals surface area (Å²) < 4.78 is 0. The summed E-state index contributed by atoms with van der Waals surface area (Å²) in [6, 6.07) is 21.2. The molecular formula is C24H20. The molecule has 3 aliphatic carbocycles. The van der Waals surface area contributed by atoms with Gasteiger partial charge in [0, 0.05) is 11.8 Å². The lowest BCUT2D eigenvalue weighted by Gasteiger charge is -2.12. The lowest BCUT2D eigenvalue weighted by molar-refractivity contribution is 0.942. The molecule has 2 aromatic rings. The second-order valence-corrected chi connectivity index (χ2v) is 6.21. The van der Waals surface area contributed by atoms with Crippen molar-refractivity contribution in [3.8, 4) is 0 Å². The van der Waals surface area contributed by atoms with Crippen molar-refractivity contribution in [1.29, 1.82) is 0 Å². The minimum atomic E-state index is 0.393. The summed E-state index contributed by atoms with van der Waals surface area (Å²) in [6.07, 6.45) is 18.2. The van der Waals surface area contributed by atoms with Gasteiger partial charge < -0.3 is 0 Å². The fraction of sp³-hybridized carbons (Fsp3) is 0.0833. The Morgan fingerprint density at radius 1 is 0.667 bits per heavy atom. The van der Waals surface area contributed by atoms with Crippen molar-refractivity contribution in [2.24, 2.45) is 11.8 Å². The zero-order valence-corrected chi connectivity index (χ0v) is 13.5. The van der Waals surface area contributed by atoms with Crippen LogP contribution in [0.1, 0.15) is 11.1 Å². The molecule has 0 spiro atoms. The van der Waals surface area contributed by atoms with Crippen LogP contribution < -0.4 is 0 Å². The minimum absolute atomic E-state index is 0.393. The molecule has 0 saturated carbocycles. The molecule has 116 valence electrons. The summed E-state index contributed by atoms with van der Waals surface area (Å²) in [5.74, 6) is 0.850. The van der Waals surface area contributed by atoms with E-state index < -0.39 is 0 Å². The van der Waals surface area contributed by atoms with E-state index in [2.05, 4.69) is 109 Å². The predicted octanol–water partition coefficient (Wildman–Crippen LogP) is 5.97. The van der Waals surface area contributed by atoms with E-state index in [0.717, 1.165) is 0 Å². The topological polar surface area (TPSA) is 0 Å². The van der Waals surface area contributed by atoms with E-state index in [-0.39, 0.29) is 0 Å². The van der Waals surface area contributed by atoms with Gasteiger partial charge in [-0.3, -0.25) is 0 Å². The Kier molecular flexibility index (Phi) is 4.12. The first-order valence-corrected chi connectivity index (χ1v) is 8.48. The average molecular weight is 308 g/mol. The van der Waals surface area contributed by atoms with Crippen molar-refractivity contribution < 1.29 is 0 Å². The van der Waals surface area contributed by atoms with Crippen molar-refractivity contribution in [2.45, 2.75) is 0 Å². The van der Waals surface area contributed by atoms with Crippen LogP contribution in [0.2, 0.25) is 0 Å². The second kappa shape index (κ2) is 6.72. The molecule has 0 aliphatic heterocycles. The molecule has 0 atom stereocenters. The van der Waals surface area contributed by atoms with E-state index in [0.29, 0.717) is 11.8 Å². The van der Waals surface area contributed by atoms with E-state index in [1.54, 1.807) is 0 Å². The summed E-state index contributed by atoms with van der Waals surface area (Å²) in [6.45, 7) is 0. The summed E-state index contributed by atoms with van der Waals surface area (Å²) in [5, 5.41) is 0. The monoisotopic (exact) mass is 308 g/mol. The molecule has 0 fully saturated rings. The Balaban J connectivity index is 1.77. The Morgan fingerprint density at radius 2 is 1.25 bits per heavy atom. The first-order chi connectivity index (χ1) is 11.9. The second-order valence-electron chi connectivity index (χ2n) is 6.21. The van der Waals surface area contributed by atoms with Crippen LogP contribution in [0.3, 0.4) is 0 Å². The van der Waals surface area contributed by atoms with E-state index in [9.17, 15) is 0 Å². The van der Waals surface area contributed by atoms with Gasteiger partial charge in [-0.25, -0.2) is 0 Å². The highest BCUT2D eigenvalue weighted by molar-refractivity contribution is 5.80. The Morgan fingerprint density at radius 3 is 1.83 bits per heavy atom. The number of fused-ring (bicyclic) bond motifs is 1. The fourth-order valence-electron chi connectivity index (χ4n) is 3.25. The van der Waals surface area contributed by atoms with Crippen LogP contribution in [0.4, 0.5) is 0 Å². The Labute approximate surface area is 143 Å². The molecule has 0 nitrogen and oxygen atoms in total. The fourth-order valence-corrected chi connectivity index (χ4v) is 3.25. The van der Waals surface area contributed by atoms with Crippen LogP contribution in [0.5, 0.6) is 0 Å². The van der Waals surface area contributed by atoms with E-state index in [1.165, 1.54) is 22.3 Å². The van der Waals surface area contributed by atoms with Gasteiger partial charge in [0.25, 0.3) is 0 Å². The highest BCUT2D eigenvalue weighted by atomic mass is 14.2. The number of hydrogen-bond donors (Lipinski definition) is 0. The first kappa shape index (κ1) is 14.7. The zero-order valence-electron chi connectivity index (χ0n) is 13.5. The third kappa shape index (κ3) is 3.09.